The SMILES string of the molecule is CNC(=O)c1cn(CCC(C)C)cc(C(=O)NCc2cccc(C)c2)c1=O. The van der Waals surface area contributed by atoms with Gasteiger partial charge in [-0.2, -0.15) is 0 Å². The lowest BCUT2D eigenvalue weighted by Crippen LogP contribution is -2.34. The highest BCUT2D eigenvalue weighted by molar-refractivity contribution is 5.99. The number of aryl methyl sites for hydroxylation is 2. The van der Waals surface area contributed by atoms with E-state index in [1.165, 1.54) is 19.4 Å². The molecule has 2 rings (SSSR count). The Hall–Kier alpha value is -2.89. The number of nitrogens with zero attached hydrogens (tertiary/aromatic N) is 1. The van der Waals surface area contributed by atoms with Crippen molar-refractivity contribution in [3.05, 3.63) is 69.1 Å². The highest BCUT2D eigenvalue weighted by Crippen LogP contribution is 2.07. The molecule has 0 saturated carbocycles. The van der Waals surface area contributed by atoms with Gasteiger partial charge in [0.25, 0.3) is 11.8 Å². The van der Waals surface area contributed by atoms with Crippen molar-refractivity contribution in [3.63, 3.8) is 0 Å². The van der Waals surface area contributed by atoms with Gasteiger partial charge in [0.15, 0.2) is 0 Å². The maximum atomic E-state index is 12.6. The highest BCUT2D eigenvalue weighted by atomic mass is 16.2. The summed E-state index contributed by atoms with van der Waals surface area (Å²) in [6, 6.07) is 7.78. The van der Waals surface area contributed by atoms with Gasteiger partial charge in [0.05, 0.1) is 0 Å². The first kappa shape index (κ1) is 20.4. The molecule has 2 aromatic rings. The van der Waals surface area contributed by atoms with Crippen molar-refractivity contribution < 1.29 is 9.59 Å². The molecular weight excluding hydrogens is 342 g/mol. The molecule has 2 N–H and O–H groups in total. The Morgan fingerprint density at radius 1 is 1.11 bits per heavy atom. The van der Waals surface area contributed by atoms with E-state index in [9.17, 15) is 14.4 Å². The van der Waals surface area contributed by atoms with Crippen LogP contribution in [0.15, 0.2) is 41.5 Å². The second kappa shape index (κ2) is 9.16. The number of pyridine rings is 1. The predicted octanol–water partition coefficient (Wildman–Crippen LogP) is 2.49. The summed E-state index contributed by atoms with van der Waals surface area (Å²) in [5.41, 5.74) is 1.44. The average Bonchev–Trinajstić information content (AvgIpc) is 2.64. The summed E-state index contributed by atoms with van der Waals surface area (Å²) in [5, 5.41) is 5.24. The minimum Gasteiger partial charge on any atom is -0.355 e. The Bertz CT molecular complexity index is 884. The molecule has 1 heterocycles. The van der Waals surface area contributed by atoms with E-state index in [1.807, 2.05) is 31.2 Å². The number of rotatable bonds is 7. The Morgan fingerprint density at radius 2 is 1.78 bits per heavy atom. The van der Waals surface area contributed by atoms with Gasteiger partial charge in [-0.15, -0.1) is 0 Å². The normalized spacial score (nSPS) is 10.7. The summed E-state index contributed by atoms with van der Waals surface area (Å²) in [6.07, 6.45) is 3.92. The lowest BCUT2D eigenvalue weighted by Gasteiger charge is -2.13. The summed E-state index contributed by atoms with van der Waals surface area (Å²) in [6.45, 7) is 7.11. The second-order valence-corrected chi connectivity index (χ2v) is 7.09. The van der Waals surface area contributed by atoms with E-state index >= 15 is 0 Å². The third kappa shape index (κ3) is 5.54. The number of hydrogen-bond acceptors (Lipinski definition) is 3. The molecule has 0 radical (unpaired) electrons. The largest absolute Gasteiger partial charge is 0.355 e. The molecule has 144 valence electrons. The molecule has 0 aliphatic heterocycles. The molecule has 6 nitrogen and oxygen atoms in total. The summed E-state index contributed by atoms with van der Waals surface area (Å²) >= 11 is 0. The van der Waals surface area contributed by atoms with Crippen molar-refractivity contribution in [2.75, 3.05) is 7.05 Å². The van der Waals surface area contributed by atoms with Crippen LogP contribution < -0.4 is 16.1 Å². The van der Waals surface area contributed by atoms with Gasteiger partial charge in [-0.05, 0) is 24.8 Å². The topological polar surface area (TPSA) is 80.2 Å². The van der Waals surface area contributed by atoms with Crippen molar-refractivity contribution in [2.24, 2.45) is 5.92 Å². The molecule has 1 aromatic carbocycles. The second-order valence-electron chi connectivity index (χ2n) is 7.09. The Labute approximate surface area is 159 Å². The minimum absolute atomic E-state index is 0.0208. The van der Waals surface area contributed by atoms with Crippen LogP contribution in [0.25, 0.3) is 0 Å². The molecule has 0 unspecified atom stereocenters. The predicted molar refractivity (Wildman–Crippen MR) is 106 cm³/mol. The van der Waals surface area contributed by atoms with Crippen LogP contribution in [-0.4, -0.2) is 23.4 Å². The Morgan fingerprint density at radius 3 is 2.37 bits per heavy atom. The first-order valence-corrected chi connectivity index (χ1v) is 9.11. The first-order valence-electron chi connectivity index (χ1n) is 9.11. The van der Waals surface area contributed by atoms with Crippen molar-refractivity contribution >= 4 is 11.8 Å². The lowest BCUT2D eigenvalue weighted by molar-refractivity contribution is 0.0949. The van der Waals surface area contributed by atoms with Gasteiger partial charge in [-0.25, -0.2) is 0 Å². The van der Waals surface area contributed by atoms with Crippen LogP contribution in [0, 0.1) is 12.8 Å². The maximum absolute atomic E-state index is 12.6. The van der Waals surface area contributed by atoms with Crippen LogP contribution in [0.1, 0.15) is 52.1 Å². The lowest BCUT2D eigenvalue weighted by atomic mass is 10.1. The van der Waals surface area contributed by atoms with Crippen molar-refractivity contribution in [1.82, 2.24) is 15.2 Å². The zero-order chi connectivity index (χ0) is 20.0. The monoisotopic (exact) mass is 369 g/mol. The van der Waals surface area contributed by atoms with E-state index in [4.69, 9.17) is 0 Å². The third-order valence-corrected chi connectivity index (χ3v) is 4.30. The summed E-state index contributed by atoms with van der Waals surface area (Å²) in [4.78, 5) is 37.3. The molecule has 0 fully saturated rings. The fraction of sp³-hybridized carbons (Fsp3) is 0.381. The molecule has 0 atom stereocenters. The number of nitrogens with one attached hydrogen (secondary N) is 2. The molecule has 2 amide bonds. The van der Waals surface area contributed by atoms with Crippen molar-refractivity contribution in [1.29, 1.82) is 0 Å². The summed E-state index contributed by atoms with van der Waals surface area (Å²) in [5.74, 6) is -0.510. The van der Waals surface area contributed by atoms with Crippen LogP contribution in [-0.2, 0) is 13.1 Å². The number of hydrogen-bond donors (Lipinski definition) is 2. The van der Waals surface area contributed by atoms with E-state index < -0.39 is 17.2 Å². The van der Waals surface area contributed by atoms with Gasteiger partial charge in [0, 0.05) is 32.5 Å². The van der Waals surface area contributed by atoms with Gasteiger partial charge in [0.1, 0.15) is 11.1 Å². The zero-order valence-corrected chi connectivity index (χ0v) is 16.3. The van der Waals surface area contributed by atoms with Crippen molar-refractivity contribution in [2.45, 2.75) is 40.3 Å². The van der Waals surface area contributed by atoms with E-state index in [0.717, 1.165) is 17.5 Å². The molecule has 6 heteroatoms. The van der Waals surface area contributed by atoms with Crippen LogP contribution in [0.4, 0.5) is 0 Å². The van der Waals surface area contributed by atoms with Crippen LogP contribution in [0.3, 0.4) is 0 Å². The Balaban J connectivity index is 2.29. The first-order chi connectivity index (χ1) is 12.8. The molecule has 0 spiro atoms. The van der Waals surface area contributed by atoms with Crippen LogP contribution in [0.2, 0.25) is 0 Å². The molecule has 0 bridgehead atoms. The molecule has 0 aliphatic carbocycles. The van der Waals surface area contributed by atoms with Crippen LogP contribution in [0.5, 0.6) is 0 Å². The van der Waals surface area contributed by atoms with E-state index in [1.54, 1.807) is 4.57 Å². The number of carbonyl (C=O) groups is 2. The quantitative estimate of drug-likeness (QED) is 0.787. The number of carbonyl (C=O) groups excluding carboxylic acids is 2. The van der Waals surface area contributed by atoms with Gasteiger partial charge in [-0.1, -0.05) is 43.7 Å². The molecular formula is C21H27N3O3. The van der Waals surface area contributed by atoms with E-state index in [-0.39, 0.29) is 11.1 Å². The van der Waals surface area contributed by atoms with E-state index in [0.29, 0.717) is 19.0 Å². The smallest absolute Gasteiger partial charge is 0.257 e. The molecule has 0 aliphatic rings. The maximum Gasteiger partial charge on any atom is 0.257 e. The summed E-state index contributed by atoms with van der Waals surface area (Å²) in [7, 11) is 1.46. The van der Waals surface area contributed by atoms with Gasteiger partial charge in [0.2, 0.25) is 5.43 Å². The number of amides is 2. The third-order valence-electron chi connectivity index (χ3n) is 4.30. The number of benzene rings is 1. The zero-order valence-electron chi connectivity index (χ0n) is 16.3. The standard InChI is InChI=1S/C21H27N3O3/c1-14(2)8-9-24-12-17(20(26)22-4)19(25)18(13-24)21(27)23-11-16-7-5-6-15(3)10-16/h5-7,10,12-14H,8-9,11H2,1-4H3,(H,22,26)(H,23,27). The van der Waals surface area contributed by atoms with Gasteiger partial charge < -0.3 is 15.2 Å². The van der Waals surface area contributed by atoms with Crippen molar-refractivity contribution in [3.8, 4) is 0 Å². The summed E-state index contributed by atoms with van der Waals surface area (Å²) < 4.78 is 1.74. The molecule has 1 aromatic heterocycles. The average molecular weight is 369 g/mol. The molecule has 27 heavy (non-hydrogen) atoms. The fourth-order valence-electron chi connectivity index (χ4n) is 2.73. The fourth-order valence-corrected chi connectivity index (χ4v) is 2.73. The highest BCUT2D eigenvalue weighted by Gasteiger charge is 2.18. The number of aromatic nitrogens is 1. The minimum atomic E-state index is -0.558. The van der Waals surface area contributed by atoms with Gasteiger partial charge in [-0.3, -0.25) is 14.4 Å². The molecule has 0 saturated heterocycles. The van der Waals surface area contributed by atoms with E-state index in [2.05, 4.69) is 24.5 Å². The van der Waals surface area contributed by atoms with Crippen LogP contribution >= 0.6 is 0 Å². The Kier molecular flexibility index (Phi) is 6.93. The van der Waals surface area contributed by atoms with Gasteiger partial charge >= 0.3 is 0 Å².